The third-order valence-electron chi connectivity index (χ3n) is 3.56. The molecule has 118 valence electrons. The van der Waals surface area contributed by atoms with Crippen LogP contribution < -0.4 is 10.7 Å². The Morgan fingerprint density at radius 3 is 2.55 bits per heavy atom. The fourth-order valence-electron chi connectivity index (χ4n) is 2.04. The molecule has 1 N–H and O–H groups in total. The SMILES string of the molecule is CCC(C)NCc1nn(-c2c(F)cccc2F)c(C)cc1=O. The molecule has 6 heteroatoms. The Kier molecular flexibility index (Phi) is 5.03. The molecule has 1 heterocycles. The van der Waals surface area contributed by atoms with Gasteiger partial charge in [-0.05, 0) is 32.4 Å². The van der Waals surface area contributed by atoms with Crippen molar-refractivity contribution in [1.29, 1.82) is 0 Å². The maximum atomic E-state index is 13.9. The van der Waals surface area contributed by atoms with E-state index in [0.717, 1.165) is 23.2 Å². The maximum Gasteiger partial charge on any atom is 0.204 e. The fraction of sp³-hybridized carbons (Fsp3) is 0.375. The average Bonchev–Trinajstić information content (AvgIpc) is 2.47. The van der Waals surface area contributed by atoms with E-state index in [2.05, 4.69) is 10.4 Å². The second-order valence-electron chi connectivity index (χ2n) is 5.27. The van der Waals surface area contributed by atoms with Gasteiger partial charge in [0.2, 0.25) is 5.43 Å². The highest BCUT2D eigenvalue weighted by molar-refractivity contribution is 5.36. The first-order valence-corrected chi connectivity index (χ1v) is 7.21. The Morgan fingerprint density at radius 1 is 1.32 bits per heavy atom. The molecule has 1 unspecified atom stereocenters. The fourth-order valence-corrected chi connectivity index (χ4v) is 2.04. The van der Waals surface area contributed by atoms with Crippen LogP contribution in [0.15, 0.2) is 29.1 Å². The summed E-state index contributed by atoms with van der Waals surface area (Å²) >= 11 is 0. The average molecular weight is 307 g/mol. The minimum Gasteiger partial charge on any atom is -0.308 e. The first-order valence-electron chi connectivity index (χ1n) is 7.21. The number of aromatic nitrogens is 2. The van der Waals surface area contributed by atoms with Crippen molar-refractivity contribution in [3.63, 3.8) is 0 Å². The molecule has 0 fully saturated rings. The number of nitrogens with zero attached hydrogens (tertiary/aromatic N) is 2. The Labute approximate surface area is 127 Å². The summed E-state index contributed by atoms with van der Waals surface area (Å²) in [6.45, 7) is 5.85. The largest absolute Gasteiger partial charge is 0.308 e. The van der Waals surface area contributed by atoms with Crippen molar-refractivity contribution in [2.75, 3.05) is 0 Å². The summed E-state index contributed by atoms with van der Waals surface area (Å²) in [5.74, 6) is -1.44. The van der Waals surface area contributed by atoms with Crippen LogP contribution in [-0.4, -0.2) is 15.8 Å². The van der Waals surface area contributed by atoms with Crippen LogP contribution in [0.5, 0.6) is 0 Å². The lowest BCUT2D eigenvalue weighted by atomic mass is 10.2. The highest BCUT2D eigenvalue weighted by atomic mass is 19.1. The lowest BCUT2D eigenvalue weighted by molar-refractivity contribution is 0.515. The molecule has 0 saturated heterocycles. The summed E-state index contributed by atoms with van der Waals surface area (Å²) in [7, 11) is 0. The van der Waals surface area contributed by atoms with Crippen LogP contribution in [0.2, 0.25) is 0 Å². The molecule has 0 aliphatic heterocycles. The third-order valence-corrected chi connectivity index (χ3v) is 3.56. The Bertz CT molecular complexity index is 708. The lowest BCUT2D eigenvalue weighted by Gasteiger charge is -2.14. The number of hydrogen-bond donors (Lipinski definition) is 1. The highest BCUT2D eigenvalue weighted by Gasteiger charge is 2.15. The molecule has 2 aromatic rings. The molecule has 4 nitrogen and oxygen atoms in total. The molecule has 2 rings (SSSR count). The molecule has 0 radical (unpaired) electrons. The number of aryl methyl sites for hydroxylation is 1. The van der Waals surface area contributed by atoms with E-state index in [1.807, 2.05) is 13.8 Å². The van der Waals surface area contributed by atoms with Crippen LogP contribution >= 0.6 is 0 Å². The molecule has 0 amide bonds. The molecule has 1 aromatic carbocycles. The van der Waals surface area contributed by atoms with Crippen LogP contribution in [0.4, 0.5) is 8.78 Å². The smallest absolute Gasteiger partial charge is 0.204 e. The van der Waals surface area contributed by atoms with E-state index in [1.54, 1.807) is 6.92 Å². The predicted octanol–water partition coefficient (Wildman–Crippen LogP) is 2.71. The van der Waals surface area contributed by atoms with Gasteiger partial charge in [-0.3, -0.25) is 4.79 Å². The van der Waals surface area contributed by atoms with Gasteiger partial charge in [-0.2, -0.15) is 5.10 Å². The van der Waals surface area contributed by atoms with E-state index < -0.39 is 11.6 Å². The topological polar surface area (TPSA) is 46.9 Å². The van der Waals surface area contributed by atoms with E-state index >= 15 is 0 Å². The first-order chi connectivity index (χ1) is 10.4. The van der Waals surface area contributed by atoms with Gasteiger partial charge in [-0.25, -0.2) is 13.5 Å². The second-order valence-corrected chi connectivity index (χ2v) is 5.27. The van der Waals surface area contributed by atoms with Crippen LogP contribution in [-0.2, 0) is 6.54 Å². The first kappa shape index (κ1) is 16.3. The minimum atomic E-state index is -0.722. The van der Waals surface area contributed by atoms with Gasteiger partial charge >= 0.3 is 0 Å². The lowest BCUT2D eigenvalue weighted by Crippen LogP contribution is -2.30. The third kappa shape index (κ3) is 3.39. The van der Waals surface area contributed by atoms with E-state index in [0.29, 0.717) is 5.69 Å². The molecule has 0 aliphatic rings. The zero-order valence-electron chi connectivity index (χ0n) is 12.9. The van der Waals surface area contributed by atoms with Gasteiger partial charge < -0.3 is 5.32 Å². The van der Waals surface area contributed by atoms with Gasteiger partial charge in [-0.1, -0.05) is 13.0 Å². The van der Waals surface area contributed by atoms with Crippen molar-refractivity contribution < 1.29 is 8.78 Å². The number of para-hydroxylation sites is 1. The summed E-state index contributed by atoms with van der Waals surface area (Å²) in [5, 5.41) is 7.29. The number of hydrogen-bond acceptors (Lipinski definition) is 3. The summed E-state index contributed by atoms with van der Waals surface area (Å²) in [6, 6.07) is 5.18. The van der Waals surface area contributed by atoms with Gasteiger partial charge in [0.15, 0.2) is 11.6 Å². The Hall–Kier alpha value is -2.08. The van der Waals surface area contributed by atoms with Crippen molar-refractivity contribution in [3.8, 4) is 5.69 Å². The Morgan fingerprint density at radius 2 is 1.95 bits per heavy atom. The minimum absolute atomic E-state index is 0.223. The highest BCUT2D eigenvalue weighted by Crippen LogP contribution is 2.17. The van der Waals surface area contributed by atoms with Crippen molar-refractivity contribution in [3.05, 3.63) is 57.5 Å². The van der Waals surface area contributed by atoms with E-state index in [9.17, 15) is 13.6 Å². The summed E-state index contributed by atoms with van der Waals surface area (Å²) in [4.78, 5) is 12.0. The van der Waals surface area contributed by atoms with Crippen molar-refractivity contribution in [2.24, 2.45) is 0 Å². The molecule has 0 bridgehead atoms. The van der Waals surface area contributed by atoms with Gasteiger partial charge in [0.05, 0.1) is 0 Å². The van der Waals surface area contributed by atoms with E-state index in [4.69, 9.17) is 0 Å². The van der Waals surface area contributed by atoms with Crippen molar-refractivity contribution in [1.82, 2.24) is 15.1 Å². The van der Waals surface area contributed by atoms with Gasteiger partial charge in [0, 0.05) is 24.3 Å². The second kappa shape index (κ2) is 6.79. The zero-order valence-corrected chi connectivity index (χ0v) is 12.9. The normalized spacial score (nSPS) is 12.4. The zero-order chi connectivity index (χ0) is 16.3. The molecule has 1 aromatic heterocycles. The summed E-state index contributed by atoms with van der Waals surface area (Å²) < 4.78 is 29.0. The molecule has 0 saturated carbocycles. The predicted molar refractivity (Wildman–Crippen MR) is 81.1 cm³/mol. The molecular weight excluding hydrogens is 288 g/mol. The molecule has 0 aliphatic carbocycles. The summed E-state index contributed by atoms with van der Waals surface area (Å²) in [5.41, 5.74) is 0.0842. The van der Waals surface area contributed by atoms with Crippen LogP contribution in [0, 0.1) is 18.6 Å². The molecular formula is C16H19F2N3O. The molecule has 0 spiro atoms. The van der Waals surface area contributed by atoms with Crippen LogP contribution in [0.1, 0.15) is 31.7 Å². The quantitative estimate of drug-likeness (QED) is 0.924. The van der Waals surface area contributed by atoms with E-state index in [1.165, 1.54) is 12.1 Å². The van der Waals surface area contributed by atoms with Crippen molar-refractivity contribution >= 4 is 0 Å². The van der Waals surface area contributed by atoms with E-state index in [-0.39, 0.29) is 29.4 Å². The van der Waals surface area contributed by atoms with Gasteiger partial charge in [-0.15, -0.1) is 0 Å². The van der Waals surface area contributed by atoms with Gasteiger partial charge in [0.1, 0.15) is 11.4 Å². The van der Waals surface area contributed by atoms with Crippen LogP contribution in [0.3, 0.4) is 0 Å². The Balaban J connectivity index is 2.47. The number of nitrogens with one attached hydrogen (secondary N) is 1. The standard InChI is InChI=1S/C16H19F2N3O/c1-4-10(2)19-9-14-15(22)8-11(3)21(20-14)16-12(17)6-5-7-13(16)18/h5-8,10,19H,4,9H2,1-3H3. The monoisotopic (exact) mass is 307 g/mol. The molecule has 22 heavy (non-hydrogen) atoms. The maximum absolute atomic E-state index is 13.9. The van der Waals surface area contributed by atoms with Gasteiger partial charge in [0.25, 0.3) is 0 Å². The summed E-state index contributed by atoms with van der Waals surface area (Å²) in [6.07, 6.45) is 0.905. The number of halogens is 2. The number of benzene rings is 1. The van der Waals surface area contributed by atoms with Crippen LogP contribution in [0.25, 0.3) is 5.69 Å². The van der Waals surface area contributed by atoms with Crippen molar-refractivity contribution in [2.45, 2.75) is 39.8 Å². The molecule has 1 atom stereocenters. The number of rotatable bonds is 5.